The predicted octanol–water partition coefficient (Wildman–Crippen LogP) is 1.66. The quantitative estimate of drug-likeness (QED) is 0.470. The minimum atomic E-state index is 0.776. The molecule has 0 aliphatic carbocycles. The molecule has 0 aromatic carbocycles. The highest BCUT2D eigenvalue weighted by atomic mass is 15.2. The lowest BCUT2D eigenvalue weighted by Gasteiger charge is -2.21. The number of nitrogens with two attached hydrogens (primary N) is 1. The van der Waals surface area contributed by atoms with E-state index < -0.39 is 0 Å². The van der Waals surface area contributed by atoms with E-state index in [4.69, 9.17) is 5.73 Å². The van der Waals surface area contributed by atoms with Gasteiger partial charge in [0.2, 0.25) is 0 Å². The minimum absolute atomic E-state index is 0.776. The molecule has 104 valence electrons. The monoisotopic (exact) mass is 252 g/mol. The first-order chi connectivity index (χ1) is 8.86. The number of nitrogens with zero attached hydrogens (tertiary/aromatic N) is 3. The van der Waals surface area contributed by atoms with Crippen LogP contribution < -0.4 is 5.73 Å². The number of guanidine groups is 1. The van der Waals surface area contributed by atoms with Crippen LogP contribution in [-0.4, -0.2) is 55.0 Å². The van der Waals surface area contributed by atoms with Crippen LogP contribution in [0.4, 0.5) is 0 Å². The molecule has 2 N–H and O–H groups in total. The number of hydrogen-bond acceptors (Lipinski definition) is 2. The van der Waals surface area contributed by atoms with Crippen molar-refractivity contribution in [3.63, 3.8) is 0 Å². The van der Waals surface area contributed by atoms with Crippen molar-refractivity contribution in [1.29, 1.82) is 0 Å². The van der Waals surface area contributed by atoms with Gasteiger partial charge in [0.1, 0.15) is 0 Å². The lowest BCUT2D eigenvalue weighted by atomic mass is 10.2. The van der Waals surface area contributed by atoms with Crippen molar-refractivity contribution >= 4 is 5.96 Å². The Morgan fingerprint density at radius 1 is 0.889 bits per heavy atom. The maximum atomic E-state index is 6.07. The minimum Gasteiger partial charge on any atom is -0.370 e. The van der Waals surface area contributed by atoms with Crippen LogP contribution in [-0.2, 0) is 0 Å². The molecule has 2 saturated heterocycles. The topological polar surface area (TPSA) is 44.9 Å². The SMILES string of the molecule is NC(=NCCCN1CCCC1)N1CCCCCC1. The molecule has 2 fully saturated rings. The summed E-state index contributed by atoms with van der Waals surface area (Å²) < 4.78 is 0. The third-order valence-electron chi connectivity index (χ3n) is 4.03. The highest BCUT2D eigenvalue weighted by Gasteiger charge is 2.12. The second-order valence-corrected chi connectivity index (χ2v) is 5.54. The van der Waals surface area contributed by atoms with Crippen LogP contribution in [0.3, 0.4) is 0 Å². The first kappa shape index (κ1) is 13.7. The van der Waals surface area contributed by atoms with E-state index in [1.54, 1.807) is 0 Å². The maximum absolute atomic E-state index is 6.07. The summed E-state index contributed by atoms with van der Waals surface area (Å²) >= 11 is 0. The number of likely N-dealkylation sites (tertiary alicyclic amines) is 2. The molecule has 0 atom stereocenters. The molecule has 4 heteroatoms. The Morgan fingerprint density at radius 2 is 1.50 bits per heavy atom. The van der Waals surface area contributed by atoms with E-state index in [0.717, 1.165) is 32.0 Å². The molecule has 0 unspecified atom stereocenters. The summed E-state index contributed by atoms with van der Waals surface area (Å²) in [7, 11) is 0. The van der Waals surface area contributed by atoms with Crippen LogP contribution in [0.15, 0.2) is 4.99 Å². The number of hydrogen-bond donors (Lipinski definition) is 1. The van der Waals surface area contributed by atoms with Crippen LogP contribution in [0.1, 0.15) is 44.9 Å². The molecule has 18 heavy (non-hydrogen) atoms. The van der Waals surface area contributed by atoms with Crippen molar-refractivity contribution in [2.75, 3.05) is 39.3 Å². The molecule has 0 bridgehead atoms. The third-order valence-corrected chi connectivity index (χ3v) is 4.03. The largest absolute Gasteiger partial charge is 0.370 e. The Balaban J connectivity index is 1.64. The van der Waals surface area contributed by atoms with Crippen molar-refractivity contribution < 1.29 is 0 Å². The van der Waals surface area contributed by atoms with Gasteiger partial charge in [-0.2, -0.15) is 0 Å². The van der Waals surface area contributed by atoms with Gasteiger partial charge in [-0.1, -0.05) is 12.8 Å². The second kappa shape index (κ2) is 7.62. The van der Waals surface area contributed by atoms with E-state index >= 15 is 0 Å². The van der Waals surface area contributed by atoms with E-state index in [2.05, 4.69) is 14.8 Å². The molecular formula is C14H28N4. The zero-order valence-electron chi connectivity index (χ0n) is 11.6. The van der Waals surface area contributed by atoms with Gasteiger partial charge in [-0.3, -0.25) is 4.99 Å². The van der Waals surface area contributed by atoms with E-state index in [1.807, 2.05) is 0 Å². The van der Waals surface area contributed by atoms with E-state index in [9.17, 15) is 0 Å². The molecule has 4 nitrogen and oxygen atoms in total. The smallest absolute Gasteiger partial charge is 0.191 e. The zero-order chi connectivity index (χ0) is 12.6. The predicted molar refractivity (Wildman–Crippen MR) is 76.8 cm³/mol. The maximum Gasteiger partial charge on any atom is 0.191 e. The number of aliphatic imine (C=N–C) groups is 1. The average molecular weight is 252 g/mol. The molecule has 0 spiro atoms. The summed E-state index contributed by atoms with van der Waals surface area (Å²) in [6, 6.07) is 0. The van der Waals surface area contributed by atoms with Gasteiger partial charge in [-0.15, -0.1) is 0 Å². The second-order valence-electron chi connectivity index (χ2n) is 5.54. The fourth-order valence-corrected chi connectivity index (χ4v) is 2.89. The molecule has 0 saturated carbocycles. The van der Waals surface area contributed by atoms with Gasteiger partial charge in [0.25, 0.3) is 0 Å². The highest BCUT2D eigenvalue weighted by Crippen LogP contribution is 2.09. The molecule has 0 aromatic heterocycles. The first-order valence-corrected chi connectivity index (χ1v) is 7.63. The molecule has 2 heterocycles. The molecule has 2 rings (SSSR count). The van der Waals surface area contributed by atoms with Gasteiger partial charge in [-0.05, 0) is 51.7 Å². The molecule has 2 aliphatic rings. The molecule has 0 amide bonds. The molecule has 2 aliphatic heterocycles. The first-order valence-electron chi connectivity index (χ1n) is 7.63. The Morgan fingerprint density at radius 3 is 2.17 bits per heavy atom. The van der Waals surface area contributed by atoms with Gasteiger partial charge >= 0.3 is 0 Å². The Kier molecular flexibility index (Phi) is 5.78. The van der Waals surface area contributed by atoms with Gasteiger partial charge in [-0.25, -0.2) is 0 Å². The zero-order valence-corrected chi connectivity index (χ0v) is 11.6. The van der Waals surface area contributed by atoms with Crippen molar-refractivity contribution in [2.24, 2.45) is 10.7 Å². The standard InChI is InChI=1S/C14H28N4/c15-14(18-12-3-1-2-4-13-18)16-8-7-11-17-9-5-6-10-17/h1-13H2,(H2,15,16). The lowest BCUT2D eigenvalue weighted by molar-refractivity contribution is 0.335. The van der Waals surface area contributed by atoms with E-state index in [-0.39, 0.29) is 0 Å². The third kappa shape index (κ3) is 4.48. The van der Waals surface area contributed by atoms with E-state index in [0.29, 0.717) is 0 Å². The summed E-state index contributed by atoms with van der Waals surface area (Å²) in [6.07, 6.45) is 9.12. The Bertz CT molecular complexity index is 251. The molecule has 0 aromatic rings. The van der Waals surface area contributed by atoms with Gasteiger partial charge in [0.15, 0.2) is 5.96 Å². The van der Waals surface area contributed by atoms with Crippen LogP contribution >= 0.6 is 0 Å². The van der Waals surface area contributed by atoms with Gasteiger partial charge in [0, 0.05) is 19.6 Å². The van der Waals surface area contributed by atoms with Gasteiger partial charge < -0.3 is 15.5 Å². The lowest BCUT2D eigenvalue weighted by Crippen LogP contribution is -2.38. The van der Waals surface area contributed by atoms with Crippen molar-refractivity contribution in [3.05, 3.63) is 0 Å². The fraction of sp³-hybridized carbons (Fsp3) is 0.929. The average Bonchev–Trinajstić information content (AvgIpc) is 2.74. The molecular weight excluding hydrogens is 224 g/mol. The van der Waals surface area contributed by atoms with Gasteiger partial charge in [0.05, 0.1) is 0 Å². The summed E-state index contributed by atoms with van der Waals surface area (Å²) in [5.74, 6) is 0.776. The van der Waals surface area contributed by atoms with Crippen molar-refractivity contribution in [3.8, 4) is 0 Å². The van der Waals surface area contributed by atoms with Crippen LogP contribution in [0.25, 0.3) is 0 Å². The highest BCUT2D eigenvalue weighted by molar-refractivity contribution is 5.78. The van der Waals surface area contributed by atoms with Crippen molar-refractivity contribution in [2.45, 2.75) is 44.9 Å². The van der Waals surface area contributed by atoms with Crippen LogP contribution in [0.2, 0.25) is 0 Å². The Labute approximate surface area is 111 Å². The normalized spacial score (nSPS) is 23.3. The summed E-state index contributed by atoms with van der Waals surface area (Å²) in [5, 5.41) is 0. The van der Waals surface area contributed by atoms with Crippen LogP contribution in [0, 0.1) is 0 Å². The number of rotatable bonds is 4. The van der Waals surface area contributed by atoms with Crippen LogP contribution in [0.5, 0.6) is 0 Å². The fourth-order valence-electron chi connectivity index (χ4n) is 2.89. The summed E-state index contributed by atoms with van der Waals surface area (Å²) in [5.41, 5.74) is 6.07. The Hall–Kier alpha value is -0.770. The van der Waals surface area contributed by atoms with Crippen molar-refractivity contribution in [1.82, 2.24) is 9.80 Å². The van der Waals surface area contributed by atoms with E-state index in [1.165, 1.54) is 58.2 Å². The molecule has 0 radical (unpaired) electrons. The summed E-state index contributed by atoms with van der Waals surface area (Å²) in [6.45, 7) is 6.84. The summed E-state index contributed by atoms with van der Waals surface area (Å²) in [4.78, 5) is 9.35.